The Labute approximate surface area is 109 Å². The second-order valence-corrected chi connectivity index (χ2v) is 4.75. The van der Waals surface area contributed by atoms with Crippen LogP contribution in [0.25, 0.3) is 0 Å². The molecule has 0 bridgehead atoms. The highest BCUT2D eigenvalue weighted by Crippen LogP contribution is 2.23. The molecule has 0 saturated heterocycles. The zero-order chi connectivity index (χ0) is 13.5. The highest BCUT2D eigenvalue weighted by molar-refractivity contribution is 5.66. The van der Waals surface area contributed by atoms with Gasteiger partial charge in [-0.05, 0) is 36.9 Å². The molecule has 0 heterocycles. The third-order valence-corrected chi connectivity index (χ3v) is 3.52. The summed E-state index contributed by atoms with van der Waals surface area (Å²) in [6.07, 6.45) is 1.95. The summed E-state index contributed by atoms with van der Waals surface area (Å²) in [5.41, 5.74) is 2.50. The predicted molar refractivity (Wildman–Crippen MR) is 73.8 cm³/mol. The number of carbonyl (C=O) groups is 1. The molecule has 2 atom stereocenters. The molecule has 0 spiro atoms. The van der Waals surface area contributed by atoms with Gasteiger partial charge in [0.05, 0.1) is 0 Å². The maximum Gasteiger partial charge on any atom is 0.303 e. The van der Waals surface area contributed by atoms with E-state index in [4.69, 9.17) is 5.11 Å². The topological polar surface area (TPSA) is 49.3 Å². The van der Waals surface area contributed by atoms with Crippen molar-refractivity contribution in [3.8, 4) is 0 Å². The summed E-state index contributed by atoms with van der Waals surface area (Å²) in [5.74, 6) is -0.169. The zero-order valence-corrected chi connectivity index (χ0v) is 11.4. The van der Waals surface area contributed by atoms with E-state index in [-0.39, 0.29) is 12.5 Å². The van der Waals surface area contributed by atoms with Crippen LogP contribution in [0.3, 0.4) is 0 Å². The number of carboxylic acids is 1. The summed E-state index contributed by atoms with van der Waals surface area (Å²) in [6, 6.07) is 8.62. The van der Waals surface area contributed by atoms with Crippen molar-refractivity contribution in [2.24, 2.45) is 0 Å². The molecule has 1 aromatic rings. The number of benzene rings is 1. The number of aliphatic carboxylic acids is 1. The largest absolute Gasteiger partial charge is 0.481 e. The molecule has 0 aliphatic rings. The molecule has 0 aromatic heterocycles. The quantitative estimate of drug-likeness (QED) is 0.779. The van der Waals surface area contributed by atoms with Gasteiger partial charge < -0.3 is 10.4 Å². The predicted octanol–water partition coefficient (Wildman–Crippen LogP) is 3.33. The van der Waals surface area contributed by atoms with Crippen LogP contribution in [0.1, 0.15) is 56.2 Å². The normalized spacial score (nSPS) is 14.2. The van der Waals surface area contributed by atoms with Crippen LogP contribution in [-0.2, 0) is 4.79 Å². The van der Waals surface area contributed by atoms with Gasteiger partial charge in [-0.3, -0.25) is 4.79 Å². The van der Waals surface area contributed by atoms with E-state index in [9.17, 15) is 4.79 Å². The van der Waals surface area contributed by atoms with E-state index in [1.54, 1.807) is 0 Å². The minimum Gasteiger partial charge on any atom is -0.481 e. The van der Waals surface area contributed by atoms with Gasteiger partial charge in [0.25, 0.3) is 0 Å². The molecule has 0 aliphatic heterocycles. The molecule has 0 fully saturated rings. The van der Waals surface area contributed by atoms with E-state index in [0.717, 1.165) is 12.0 Å². The van der Waals surface area contributed by atoms with Crippen molar-refractivity contribution in [1.29, 1.82) is 0 Å². The monoisotopic (exact) mass is 249 g/mol. The lowest BCUT2D eigenvalue weighted by Crippen LogP contribution is -2.17. The van der Waals surface area contributed by atoms with Gasteiger partial charge in [0.2, 0.25) is 0 Å². The molecular formula is C15H23NO2. The molecule has 0 amide bonds. The minimum absolute atomic E-state index is 0.118. The second-order valence-electron chi connectivity index (χ2n) is 4.75. The average molecular weight is 249 g/mol. The summed E-state index contributed by atoms with van der Waals surface area (Å²) >= 11 is 0. The Morgan fingerprint density at radius 3 is 2.28 bits per heavy atom. The van der Waals surface area contributed by atoms with Crippen molar-refractivity contribution in [3.05, 3.63) is 35.4 Å². The van der Waals surface area contributed by atoms with Crippen LogP contribution in [0, 0.1) is 0 Å². The van der Waals surface area contributed by atoms with Gasteiger partial charge >= 0.3 is 5.97 Å². The maximum atomic E-state index is 10.6. The molecule has 2 N–H and O–H groups in total. The van der Waals surface area contributed by atoms with E-state index >= 15 is 0 Å². The van der Waals surface area contributed by atoms with Crippen molar-refractivity contribution in [2.45, 2.75) is 45.1 Å². The van der Waals surface area contributed by atoms with E-state index in [0.29, 0.717) is 12.3 Å². The third kappa shape index (κ3) is 4.15. The first-order valence-corrected chi connectivity index (χ1v) is 6.57. The summed E-state index contributed by atoms with van der Waals surface area (Å²) in [4.78, 5) is 10.6. The smallest absolute Gasteiger partial charge is 0.303 e. The molecule has 18 heavy (non-hydrogen) atoms. The average Bonchev–Trinajstić information content (AvgIpc) is 2.39. The molecule has 1 rings (SSSR count). The van der Waals surface area contributed by atoms with Gasteiger partial charge in [0.15, 0.2) is 0 Å². The summed E-state index contributed by atoms with van der Waals surface area (Å²) in [6.45, 7) is 4.40. The Kier molecular flexibility index (Phi) is 5.86. The van der Waals surface area contributed by atoms with E-state index in [1.807, 2.05) is 7.05 Å². The zero-order valence-electron chi connectivity index (χ0n) is 11.4. The van der Waals surface area contributed by atoms with E-state index in [1.165, 1.54) is 5.56 Å². The van der Waals surface area contributed by atoms with Gasteiger partial charge in [-0.2, -0.15) is 0 Å². The summed E-state index contributed by atoms with van der Waals surface area (Å²) < 4.78 is 0. The SMILES string of the molecule is CCC(C)c1ccc(C(CCC(=O)O)NC)cc1. The van der Waals surface area contributed by atoms with Crippen LogP contribution < -0.4 is 5.32 Å². The number of rotatable bonds is 7. The van der Waals surface area contributed by atoms with Crippen LogP contribution in [0.15, 0.2) is 24.3 Å². The fraction of sp³-hybridized carbons (Fsp3) is 0.533. The molecule has 0 aliphatic carbocycles. The molecular weight excluding hydrogens is 226 g/mol. The van der Waals surface area contributed by atoms with Gasteiger partial charge in [0, 0.05) is 12.5 Å². The van der Waals surface area contributed by atoms with Gasteiger partial charge in [-0.25, -0.2) is 0 Å². The Balaban J connectivity index is 2.72. The van der Waals surface area contributed by atoms with E-state index < -0.39 is 5.97 Å². The van der Waals surface area contributed by atoms with Crippen molar-refractivity contribution in [2.75, 3.05) is 7.05 Å². The molecule has 0 saturated carbocycles. The van der Waals surface area contributed by atoms with Crippen molar-refractivity contribution in [1.82, 2.24) is 5.32 Å². The van der Waals surface area contributed by atoms with Gasteiger partial charge in [-0.15, -0.1) is 0 Å². The van der Waals surface area contributed by atoms with Gasteiger partial charge in [-0.1, -0.05) is 38.1 Å². The standard InChI is InChI=1S/C15H23NO2/c1-4-11(2)12-5-7-13(8-6-12)14(16-3)9-10-15(17)18/h5-8,11,14,16H,4,9-10H2,1-3H3,(H,17,18). The molecule has 3 heteroatoms. The molecule has 100 valence electrons. The Morgan fingerprint density at radius 1 is 1.28 bits per heavy atom. The lowest BCUT2D eigenvalue weighted by molar-refractivity contribution is -0.137. The highest BCUT2D eigenvalue weighted by atomic mass is 16.4. The first-order chi connectivity index (χ1) is 8.58. The fourth-order valence-corrected chi connectivity index (χ4v) is 2.04. The number of nitrogens with one attached hydrogen (secondary N) is 1. The first kappa shape index (κ1) is 14.7. The highest BCUT2D eigenvalue weighted by Gasteiger charge is 2.11. The van der Waals surface area contributed by atoms with Crippen LogP contribution in [0.2, 0.25) is 0 Å². The van der Waals surface area contributed by atoms with Crippen LogP contribution in [0.4, 0.5) is 0 Å². The number of hydrogen-bond donors (Lipinski definition) is 2. The maximum absolute atomic E-state index is 10.6. The molecule has 0 radical (unpaired) electrons. The van der Waals surface area contributed by atoms with Crippen LogP contribution >= 0.6 is 0 Å². The van der Waals surface area contributed by atoms with E-state index in [2.05, 4.69) is 43.4 Å². The van der Waals surface area contributed by atoms with Crippen LogP contribution in [-0.4, -0.2) is 18.1 Å². The minimum atomic E-state index is -0.744. The van der Waals surface area contributed by atoms with Crippen molar-refractivity contribution < 1.29 is 9.90 Å². The Hall–Kier alpha value is -1.35. The third-order valence-electron chi connectivity index (χ3n) is 3.52. The molecule has 3 nitrogen and oxygen atoms in total. The lowest BCUT2D eigenvalue weighted by atomic mass is 9.95. The summed E-state index contributed by atoms with van der Waals surface area (Å²) in [5, 5.41) is 11.9. The first-order valence-electron chi connectivity index (χ1n) is 6.57. The Bertz CT molecular complexity index is 373. The van der Waals surface area contributed by atoms with Crippen molar-refractivity contribution >= 4 is 5.97 Å². The fourth-order valence-electron chi connectivity index (χ4n) is 2.04. The number of hydrogen-bond acceptors (Lipinski definition) is 2. The molecule has 1 aromatic carbocycles. The van der Waals surface area contributed by atoms with Gasteiger partial charge in [0.1, 0.15) is 0 Å². The van der Waals surface area contributed by atoms with Crippen LogP contribution in [0.5, 0.6) is 0 Å². The number of carboxylic acid groups (broad SMARTS) is 1. The Morgan fingerprint density at radius 2 is 1.83 bits per heavy atom. The lowest BCUT2D eigenvalue weighted by Gasteiger charge is -2.17. The second kappa shape index (κ2) is 7.17. The molecule has 2 unspecified atom stereocenters. The van der Waals surface area contributed by atoms with Crippen molar-refractivity contribution in [3.63, 3.8) is 0 Å². The summed E-state index contributed by atoms with van der Waals surface area (Å²) in [7, 11) is 1.87.